The summed E-state index contributed by atoms with van der Waals surface area (Å²) in [6.07, 6.45) is 1.42. The fraction of sp³-hybridized carbons (Fsp3) is 0.136. The molecule has 3 heteroatoms. The van der Waals surface area contributed by atoms with Crippen LogP contribution in [0.3, 0.4) is 0 Å². The molecule has 3 aromatic carbocycles. The summed E-state index contributed by atoms with van der Waals surface area (Å²) in [7, 11) is -0.219. The first-order chi connectivity index (χ1) is 12.3. The van der Waals surface area contributed by atoms with Crippen molar-refractivity contribution in [1.29, 1.82) is 0 Å². The molecule has 0 fully saturated rings. The van der Waals surface area contributed by atoms with Crippen molar-refractivity contribution in [2.24, 2.45) is 0 Å². The molecule has 0 N–H and O–H groups in total. The highest BCUT2D eigenvalue weighted by molar-refractivity contribution is 7.97. The fourth-order valence-corrected chi connectivity index (χ4v) is 5.26. The number of hydrogen-bond donors (Lipinski definition) is 0. The van der Waals surface area contributed by atoms with Crippen molar-refractivity contribution in [2.45, 2.75) is 34.5 Å². The first kappa shape index (κ1) is 16.0. The highest BCUT2D eigenvalue weighted by Gasteiger charge is 2.39. The molecular weight excluding hydrogens is 328 g/mol. The summed E-state index contributed by atoms with van der Waals surface area (Å²) in [5.41, 5.74) is 0.733. The molecule has 1 unspecified atom stereocenters. The SMILES string of the molecule is CCCC(=O)c1ccc2c(c1)Oc1ccccc1[S+]2c1ccccc1. The van der Waals surface area contributed by atoms with Gasteiger partial charge >= 0.3 is 0 Å². The highest BCUT2D eigenvalue weighted by atomic mass is 32.2. The Morgan fingerprint density at radius 3 is 2.40 bits per heavy atom. The lowest BCUT2D eigenvalue weighted by Gasteiger charge is -2.20. The number of Topliss-reactive ketones (excluding diaryl/α,β-unsaturated/α-hetero) is 1. The van der Waals surface area contributed by atoms with Crippen LogP contribution in [-0.4, -0.2) is 5.78 Å². The van der Waals surface area contributed by atoms with Crippen molar-refractivity contribution in [3.8, 4) is 11.5 Å². The van der Waals surface area contributed by atoms with Gasteiger partial charge < -0.3 is 4.74 Å². The summed E-state index contributed by atoms with van der Waals surface area (Å²) >= 11 is 0. The summed E-state index contributed by atoms with van der Waals surface area (Å²) in [4.78, 5) is 15.9. The van der Waals surface area contributed by atoms with E-state index >= 15 is 0 Å². The minimum atomic E-state index is -0.219. The van der Waals surface area contributed by atoms with Gasteiger partial charge in [-0.15, -0.1) is 0 Å². The maximum atomic E-state index is 12.3. The Hall–Kier alpha value is -2.52. The van der Waals surface area contributed by atoms with Crippen LogP contribution in [0.2, 0.25) is 0 Å². The van der Waals surface area contributed by atoms with Gasteiger partial charge in [-0.2, -0.15) is 0 Å². The predicted molar refractivity (Wildman–Crippen MR) is 101 cm³/mol. The summed E-state index contributed by atoms with van der Waals surface area (Å²) < 4.78 is 6.15. The molecule has 0 saturated carbocycles. The quantitative estimate of drug-likeness (QED) is 0.341. The minimum Gasteiger partial charge on any atom is -0.447 e. The molecule has 0 saturated heterocycles. The molecule has 1 atom stereocenters. The van der Waals surface area contributed by atoms with Crippen molar-refractivity contribution >= 4 is 16.7 Å². The lowest BCUT2D eigenvalue weighted by molar-refractivity contribution is 0.0981. The largest absolute Gasteiger partial charge is 0.447 e. The summed E-state index contributed by atoms with van der Waals surface area (Å²) in [5.74, 6) is 1.85. The van der Waals surface area contributed by atoms with Gasteiger partial charge in [0.05, 0.1) is 0 Å². The maximum Gasteiger partial charge on any atom is 0.209 e. The van der Waals surface area contributed by atoms with E-state index in [-0.39, 0.29) is 16.7 Å². The van der Waals surface area contributed by atoms with Crippen LogP contribution in [0.25, 0.3) is 0 Å². The van der Waals surface area contributed by atoms with Gasteiger partial charge in [0.15, 0.2) is 22.2 Å². The third-order valence-electron chi connectivity index (χ3n) is 4.23. The molecule has 0 radical (unpaired) electrons. The molecule has 0 amide bonds. The molecule has 0 aromatic heterocycles. The molecule has 3 aromatic rings. The Kier molecular flexibility index (Phi) is 4.33. The molecular formula is C22H19O2S+. The van der Waals surface area contributed by atoms with E-state index in [1.165, 1.54) is 9.79 Å². The van der Waals surface area contributed by atoms with Crippen LogP contribution in [0.15, 0.2) is 87.5 Å². The molecule has 1 aliphatic heterocycles. The third-order valence-corrected chi connectivity index (χ3v) is 6.53. The van der Waals surface area contributed by atoms with E-state index in [4.69, 9.17) is 4.74 Å². The van der Waals surface area contributed by atoms with Gasteiger partial charge in [0, 0.05) is 12.0 Å². The summed E-state index contributed by atoms with van der Waals surface area (Å²) in [6.45, 7) is 2.02. The average molecular weight is 347 g/mol. The van der Waals surface area contributed by atoms with Crippen molar-refractivity contribution in [1.82, 2.24) is 0 Å². The van der Waals surface area contributed by atoms with Crippen molar-refractivity contribution in [2.75, 3.05) is 0 Å². The Morgan fingerprint density at radius 2 is 1.60 bits per heavy atom. The van der Waals surface area contributed by atoms with Gasteiger partial charge in [-0.05, 0) is 48.9 Å². The summed E-state index contributed by atoms with van der Waals surface area (Å²) in [6, 6.07) is 24.6. The Morgan fingerprint density at radius 1 is 0.880 bits per heavy atom. The van der Waals surface area contributed by atoms with Crippen LogP contribution in [0, 0.1) is 0 Å². The Bertz CT molecular complexity index is 918. The van der Waals surface area contributed by atoms with Crippen molar-refractivity contribution in [3.05, 3.63) is 78.4 Å². The number of ether oxygens (including phenoxy) is 1. The van der Waals surface area contributed by atoms with Crippen LogP contribution < -0.4 is 4.74 Å². The second-order valence-corrected chi connectivity index (χ2v) is 7.97. The zero-order valence-electron chi connectivity index (χ0n) is 14.1. The van der Waals surface area contributed by atoms with E-state index in [0.717, 1.165) is 28.4 Å². The van der Waals surface area contributed by atoms with Crippen LogP contribution in [0.4, 0.5) is 0 Å². The number of carbonyl (C=O) groups excluding carboxylic acids is 1. The van der Waals surface area contributed by atoms with E-state index in [1.54, 1.807) is 0 Å². The van der Waals surface area contributed by atoms with Crippen molar-refractivity contribution < 1.29 is 9.53 Å². The zero-order chi connectivity index (χ0) is 17.2. The number of para-hydroxylation sites is 1. The smallest absolute Gasteiger partial charge is 0.209 e. The standard InChI is InChI=1S/C22H19O2S/c1-2-8-18(23)16-13-14-22-20(15-16)24-19-11-6-7-12-21(19)25(22)17-9-4-3-5-10-17/h3-7,9-15H,2,8H2,1H3/q+1. The maximum absolute atomic E-state index is 12.3. The molecule has 124 valence electrons. The van der Waals surface area contributed by atoms with E-state index in [1.807, 2.05) is 37.3 Å². The first-order valence-electron chi connectivity index (χ1n) is 8.51. The fourth-order valence-electron chi connectivity index (χ4n) is 3.05. The van der Waals surface area contributed by atoms with Gasteiger partial charge in [0.25, 0.3) is 0 Å². The van der Waals surface area contributed by atoms with Gasteiger partial charge in [-0.1, -0.05) is 37.3 Å². The third kappa shape index (κ3) is 2.96. The second-order valence-electron chi connectivity index (χ2n) is 6.00. The number of ketones is 1. The Labute approximate surface area is 150 Å². The monoisotopic (exact) mass is 347 g/mol. The average Bonchev–Trinajstić information content (AvgIpc) is 2.66. The molecule has 0 bridgehead atoms. The minimum absolute atomic E-state index is 0.173. The highest BCUT2D eigenvalue weighted by Crippen LogP contribution is 2.47. The summed E-state index contributed by atoms with van der Waals surface area (Å²) in [5, 5.41) is 0. The van der Waals surface area contributed by atoms with Gasteiger partial charge in [-0.25, -0.2) is 0 Å². The van der Waals surface area contributed by atoms with E-state index < -0.39 is 0 Å². The van der Waals surface area contributed by atoms with Gasteiger partial charge in [0.1, 0.15) is 10.9 Å². The van der Waals surface area contributed by atoms with E-state index in [9.17, 15) is 4.79 Å². The molecule has 4 rings (SSSR count). The van der Waals surface area contributed by atoms with E-state index in [0.29, 0.717) is 6.42 Å². The van der Waals surface area contributed by atoms with Crippen LogP contribution in [0.5, 0.6) is 11.5 Å². The number of hydrogen-bond acceptors (Lipinski definition) is 2. The lowest BCUT2D eigenvalue weighted by Crippen LogP contribution is -2.13. The molecule has 1 heterocycles. The number of benzene rings is 3. The lowest BCUT2D eigenvalue weighted by atomic mass is 10.1. The molecule has 25 heavy (non-hydrogen) atoms. The predicted octanol–water partition coefficient (Wildman–Crippen LogP) is 5.87. The van der Waals surface area contributed by atoms with Crippen molar-refractivity contribution in [3.63, 3.8) is 0 Å². The zero-order valence-corrected chi connectivity index (χ0v) is 14.9. The Balaban J connectivity index is 1.85. The molecule has 1 aliphatic rings. The molecule has 2 nitrogen and oxygen atoms in total. The van der Waals surface area contributed by atoms with E-state index in [2.05, 4.69) is 42.5 Å². The van der Waals surface area contributed by atoms with Gasteiger partial charge in [-0.3, -0.25) is 4.79 Å². The molecule has 0 aliphatic carbocycles. The first-order valence-corrected chi connectivity index (χ1v) is 9.74. The van der Waals surface area contributed by atoms with Crippen LogP contribution in [0.1, 0.15) is 30.1 Å². The number of carbonyl (C=O) groups is 1. The second kappa shape index (κ2) is 6.77. The van der Waals surface area contributed by atoms with Crippen LogP contribution >= 0.6 is 0 Å². The normalized spacial score (nSPS) is 15.0. The molecule has 0 spiro atoms. The number of rotatable bonds is 4. The van der Waals surface area contributed by atoms with Crippen LogP contribution in [-0.2, 0) is 10.9 Å². The topological polar surface area (TPSA) is 26.3 Å². The van der Waals surface area contributed by atoms with Gasteiger partial charge in [0.2, 0.25) is 9.79 Å². The number of fused-ring (bicyclic) bond motifs is 2.